The highest BCUT2D eigenvalue weighted by molar-refractivity contribution is 7.85. The number of aryl methyl sites for hydroxylation is 1. The molecule has 1 aromatic carbocycles. The molecular weight excluding hydrogens is 397 g/mol. The van der Waals surface area contributed by atoms with Crippen molar-refractivity contribution in [3.63, 3.8) is 0 Å². The van der Waals surface area contributed by atoms with Gasteiger partial charge in [-0.3, -0.25) is 9.54 Å². The lowest BCUT2D eigenvalue weighted by atomic mass is 10.1. The Hall–Kier alpha value is -2.97. The number of imidazole rings is 1. The SMILES string of the molecule is CCc1c(S(=O)(=O)O)ccnc1-c1nc2cc(C(F)(F)F)cc(C#N)c2n1C. The molecule has 7 nitrogen and oxygen atoms in total. The van der Waals surface area contributed by atoms with Crippen LogP contribution in [0.5, 0.6) is 0 Å². The molecule has 0 bridgehead atoms. The molecule has 0 radical (unpaired) electrons. The summed E-state index contributed by atoms with van der Waals surface area (Å²) in [6, 6.07) is 4.41. The minimum absolute atomic E-state index is 0.0770. The van der Waals surface area contributed by atoms with E-state index in [0.717, 1.165) is 24.4 Å². The zero-order chi connectivity index (χ0) is 20.9. The van der Waals surface area contributed by atoms with E-state index in [4.69, 9.17) is 0 Å². The predicted molar refractivity (Wildman–Crippen MR) is 92.9 cm³/mol. The van der Waals surface area contributed by atoms with Gasteiger partial charge in [0.25, 0.3) is 10.1 Å². The van der Waals surface area contributed by atoms with E-state index in [-0.39, 0.29) is 45.0 Å². The maximum atomic E-state index is 13.1. The monoisotopic (exact) mass is 410 g/mol. The van der Waals surface area contributed by atoms with E-state index in [1.165, 1.54) is 11.6 Å². The van der Waals surface area contributed by atoms with E-state index in [0.29, 0.717) is 0 Å². The second kappa shape index (κ2) is 6.57. The normalized spacial score (nSPS) is 12.3. The lowest BCUT2D eigenvalue weighted by Crippen LogP contribution is -2.07. The molecule has 28 heavy (non-hydrogen) atoms. The summed E-state index contributed by atoms with van der Waals surface area (Å²) < 4.78 is 73.4. The van der Waals surface area contributed by atoms with E-state index in [1.807, 2.05) is 0 Å². The number of nitrogens with zero attached hydrogens (tertiary/aromatic N) is 4. The number of benzene rings is 1. The van der Waals surface area contributed by atoms with Crippen molar-refractivity contribution in [3.05, 3.63) is 41.1 Å². The Morgan fingerprint density at radius 3 is 2.54 bits per heavy atom. The number of pyridine rings is 1. The highest BCUT2D eigenvalue weighted by Gasteiger charge is 2.32. The zero-order valence-electron chi connectivity index (χ0n) is 14.6. The molecule has 0 aliphatic rings. The molecule has 0 saturated heterocycles. The van der Waals surface area contributed by atoms with Gasteiger partial charge in [0.15, 0.2) is 5.82 Å². The summed E-state index contributed by atoms with van der Waals surface area (Å²) in [6.07, 6.45) is -3.33. The molecule has 0 unspecified atom stereocenters. The Morgan fingerprint density at radius 2 is 2.00 bits per heavy atom. The minimum Gasteiger partial charge on any atom is -0.325 e. The van der Waals surface area contributed by atoms with Gasteiger partial charge in [0.2, 0.25) is 0 Å². The molecule has 0 spiro atoms. The van der Waals surface area contributed by atoms with Crippen molar-refractivity contribution in [1.29, 1.82) is 5.26 Å². The Labute approximate surface area is 157 Å². The average molecular weight is 410 g/mol. The van der Waals surface area contributed by atoms with Gasteiger partial charge in [-0.2, -0.15) is 26.9 Å². The van der Waals surface area contributed by atoms with Crippen LogP contribution in [0.15, 0.2) is 29.3 Å². The smallest absolute Gasteiger partial charge is 0.325 e. The lowest BCUT2D eigenvalue weighted by Gasteiger charge is -2.11. The van der Waals surface area contributed by atoms with E-state index < -0.39 is 21.9 Å². The van der Waals surface area contributed by atoms with E-state index in [1.54, 1.807) is 13.0 Å². The van der Waals surface area contributed by atoms with Crippen LogP contribution in [0.4, 0.5) is 13.2 Å². The number of alkyl halides is 3. The largest absolute Gasteiger partial charge is 0.416 e. The first-order valence-corrected chi connectivity index (χ1v) is 9.36. The van der Waals surface area contributed by atoms with Gasteiger partial charge in [-0.15, -0.1) is 0 Å². The van der Waals surface area contributed by atoms with Crippen molar-refractivity contribution < 1.29 is 26.1 Å². The summed E-state index contributed by atoms with van der Waals surface area (Å²) in [5, 5.41) is 9.30. The zero-order valence-corrected chi connectivity index (χ0v) is 15.4. The molecule has 0 aliphatic carbocycles. The molecule has 0 fully saturated rings. The van der Waals surface area contributed by atoms with Crippen molar-refractivity contribution in [2.24, 2.45) is 7.05 Å². The fraction of sp³-hybridized carbons (Fsp3) is 0.235. The van der Waals surface area contributed by atoms with Gasteiger partial charge >= 0.3 is 6.18 Å². The molecule has 1 N–H and O–H groups in total. The lowest BCUT2D eigenvalue weighted by molar-refractivity contribution is -0.137. The number of rotatable bonds is 3. The van der Waals surface area contributed by atoms with Crippen LogP contribution in [-0.2, 0) is 29.8 Å². The van der Waals surface area contributed by atoms with Crippen molar-refractivity contribution >= 4 is 21.2 Å². The highest BCUT2D eigenvalue weighted by atomic mass is 32.2. The number of hydrogen-bond acceptors (Lipinski definition) is 5. The van der Waals surface area contributed by atoms with Gasteiger partial charge in [-0.25, -0.2) is 4.98 Å². The standard InChI is InChI=1S/C17H13F3N4O3S/c1-3-11-13(28(25,26)27)4-5-22-14(11)16-23-12-7-10(17(18,19)20)6-9(8-21)15(12)24(16)2/h4-7H,3H2,1-2H3,(H,25,26,27). The molecule has 0 saturated carbocycles. The third-order valence-corrected chi connectivity index (χ3v) is 5.21. The number of aromatic nitrogens is 3. The topological polar surface area (TPSA) is 109 Å². The summed E-state index contributed by atoms with van der Waals surface area (Å²) in [5.41, 5.74) is -0.907. The van der Waals surface area contributed by atoms with Crippen LogP contribution in [0.2, 0.25) is 0 Å². The predicted octanol–water partition coefficient (Wildman–Crippen LogP) is 3.33. The summed E-state index contributed by atoms with van der Waals surface area (Å²) in [5.74, 6) is 0.0770. The molecule has 0 atom stereocenters. The fourth-order valence-electron chi connectivity index (χ4n) is 3.06. The molecule has 11 heteroatoms. The maximum Gasteiger partial charge on any atom is 0.416 e. The molecule has 3 rings (SSSR count). The van der Waals surface area contributed by atoms with Crippen LogP contribution < -0.4 is 0 Å². The second-order valence-electron chi connectivity index (χ2n) is 5.96. The molecule has 0 amide bonds. The summed E-state index contributed by atoms with van der Waals surface area (Å²) >= 11 is 0. The first-order chi connectivity index (χ1) is 13.0. The van der Waals surface area contributed by atoms with Crippen LogP contribution in [0, 0.1) is 11.3 Å². The molecule has 0 aliphatic heterocycles. The quantitative estimate of drug-likeness (QED) is 0.664. The van der Waals surface area contributed by atoms with E-state index in [9.17, 15) is 31.4 Å². The molecule has 2 aromatic heterocycles. The van der Waals surface area contributed by atoms with Crippen molar-refractivity contribution in [2.75, 3.05) is 0 Å². The van der Waals surface area contributed by atoms with Gasteiger partial charge in [-0.1, -0.05) is 6.92 Å². The number of nitriles is 1. The second-order valence-corrected chi connectivity index (χ2v) is 7.35. The minimum atomic E-state index is -4.66. The van der Waals surface area contributed by atoms with Crippen LogP contribution in [0.3, 0.4) is 0 Å². The molecule has 146 valence electrons. The third kappa shape index (κ3) is 3.21. The van der Waals surface area contributed by atoms with Crippen LogP contribution in [0.25, 0.3) is 22.6 Å². The summed E-state index contributed by atoms with van der Waals surface area (Å²) in [6.45, 7) is 1.64. The van der Waals surface area contributed by atoms with Crippen LogP contribution in [0.1, 0.15) is 23.6 Å². The Morgan fingerprint density at radius 1 is 1.32 bits per heavy atom. The van der Waals surface area contributed by atoms with Gasteiger partial charge in [0, 0.05) is 18.8 Å². The van der Waals surface area contributed by atoms with Crippen LogP contribution >= 0.6 is 0 Å². The highest BCUT2D eigenvalue weighted by Crippen LogP contribution is 2.35. The van der Waals surface area contributed by atoms with E-state index in [2.05, 4.69) is 9.97 Å². The van der Waals surface area contributed by atoms with E-state index >= 15 is 0 Å². The Balaban J connectivity index is 2.38. The fourth-order valence-corrected chi connectivity index (χ4v) is 3.85. The molecule has 2 heterocycles. The average Bonchev–Trinajstić information content (AvgIpc) is 2.95. The van der Waals surface area contributed by atoms with Gasteiger partial charge < -0.3 is 4.57 Å². The van der Waals surface area contributed by atoms with Crippen LogP contribution in [-0.4, -0.2) is 27.5 Å². The Kier molecular flexibility index (Phi) is 4.64. The summed E-state index contributed by atoms with van der Waals surface area (Å²) in [4.78, 5) is 7.92. The first kappa shape index (κ1) is 19.8. The summed E-state index contributed by atoms with van der Waals surface area (Å²) in [7, 11) is -3.05. The van der Waals surface area contributed by atoms with Crippen molar-refractivity contribution in [3.8, 4) is 17.6 Å². The van der Waals surface area contributed by atoms with Gasteiger partial charge in [-0.05, 0) is 24.6 Å². The van der Waals surface area contributed by atoms with Crippen molar-refractivity contribution in [1.82, 2.24) is 14.5 Å². The van der Waals surface area contributed by atoms with Crippen molar-refractivity contribution in [2.45, 2.75) is 24.4 Å². The molecular formula is C17H13F3N4O3S. The number of fused-ring (bicyclic) bond motifs is 1. The molecule has 3 aromatic rings. The van der Waals surface area contributed by atoms with Gasteiger partial charge in [0.1, 0.15) is 16.7 Å². The number of hydrogen-bond donors (Lipinski definition) is 1. The third-order valence-electron chi connectivity index (χ3n) is 4.27. The maximum absolute atomic E-state index is 13.1. The Bertz CT molecular complexity index is 1240. The number of halogens is 3. The first-order valence-electron chi connectivity index (χ1n) is 7.92. The van der Waals surface area contributed by atoms with Gasteiger partial charge in [0.05, 0.1) is 22.2 Å².